The Hall–Kier alpha value is -0.960. The number of methoxy groups -OCH3 is 1. The number of carbonyl (C=O) groups is 1. The minimum Gasteiger partial charge on any atom is -0.469 e. The summed E-state index contributed by atoms with van der Waals surface area (Å²) < 4.78 is 4.65. The molecule has 2 nitrogen and oxygen atoms in total. The van der Waals surface area contributed by atoms with E-state index in [1.807, 2.05) is 36.6 Å². The molecule has 0 spiro atoms. The van der Waals surface area contributed by atoms with Gasteiger partial charge in [-0.2, -0.15) is 11.8 Å². The number of thioether (sulfide) groups is 1. The summed E-state index contributed by atoms with van der Waals surface area (Å²) in [7, 11) is 1.42. The lowest BCUT2D eigenvalue weighted by atomic mass is 10.1. The molecular formula is C11H14O2S. The SMILES string of the molecule is COC(=O)CC(SC)c1ccccc1. The normalized spacial score (nSPS) is 12.1. The summed E-state index contributed by atoms with van der Waals surface area (Å²) in [5, 5.41) is 0.198. The summed E-state index contributed by atoms with van der Waals surface area (Å²) in [6.07, 6.45) is 2.43. The Balaban J connectivity index is 2.68. The number of hydrogen-bond acceptors (Lipinski definition) is 3. The third-order valence-electron chi connectivity index (χ3n) is 2.04. The predicted octanol–water partition coefficient (Wildman–Crippen LogP) is 2.65. The fraction of sp³-hybridized carbons (Fsp3) is 0.364. The molecule has 0 aliphatic carbocycles. The number of carbonyl (C=O) groups excluding carboxylic acids is 1. The summed E-state index contributed by atoms with van der Waals surface area (Å²) in [6, 6.07) is 10.00. The van der Waals surface area contributed by atoms with E-state index in [2.05, 4.69) is 4.74 Å². The first-order valence-corrected chi connectivity index (χ1v) is 5.71. The largest absolute Gasteiger partial charge is 0.469 e. The van der Waals surface area contributed by atoms with Gasteiger partial charge >= 0.3 is 5.97 Å². The fourth-order valence-electron chi connectivity index (χ4n) is 1.24. The van der Waals surface area contributed by atoms with E-state index in [0.29, 0.717) is 6.42 Å². The first-order valence-electron chi connectivity index (χ1n) is 4.42. The van der Waals surface area contributed by atoms with Crippen LogP contribution in [0.15, 0.2) is 30.3 Å². The zero-order valence-electron chi connectivity index (χ0n) is 8.40. The van der Waals surface area contributed by atoms with Gasteiger partial charge in [-0.15, -0.1) is 0 Å². The zero-order chi connectivity index (χ0) is 10.4. The van der Waals surface area contributed by atoms with E-state index < -0.39 is 0 Å². The zero-order valence-corrected chi connectivity index (χ0v) is 9.21. The Bertz CT molecular complexity index is 285. The van der Waals surface area contributed by atoms with Crippen molar-refractivity contribution in [1.29, 1.82) is 0 Å². The predicted molar refractivity (Wildman–Crippen MR) is 59.3 cm³/mol. The van der Waals surface area contributed by atoms with Crippen molar-refractivity contribution in [2.75, 3.05) is 13.4 Å². The van der Waals surface area contributed by atoms with Crippen LogP contribution >= 0.6 is 11.8 Å². The Kier molecular flexibility index (Phi) is 4.53. The van der Waals surface area contributed by atoms with Crippen LogP contribution in [0.5, 0.6) is 0 Å². The number of benzene rings is 1. The van der Waals surface area contributed by atoms with Crippen LogP contribution in [0.2, 0.25) is 0 Å². The number of hydrogen-bond donors (Lipinski definition) is 0. The van der Waals surface area contributed by atoms with Gasteiger partial charge in [-0.1, -0.05) is 30.3 Å². The van der Waals surface area contributed by atoms with Crippen molar-refractivity contribution in [3.05, 3.63) is 35.9 Å². The van der Waals surface area contributed by atoms with E-state index in [1.54, 1.807) is 11.8 Å². The van der Waals surface area contributed by atoms with Gasteiger partial charge in [0.2, 0.25) is 0 Å². The van der Waals surface area contributed by atoms with E-state index in [1.165, 1.54) is 12.7 Å². The Morgan fingerprint density at radius 1 is 1.43 bits per heavy atom. The molecule has 0 aromatic heterocycles. The molecule has 76 valence electrons. The first kappa shape index (κ1) is 11.1. The van der Waals surface area contributed by atoms with Crippen molar-refractivity contribution in [3.8, 4) is 0 Å². The molecule has 0 heterocycles. The maximum atomic E-state index is 11.1. The van der Waals surface area contributed by atoms with E-state index in [-0.39, 0.29) is 11.2 Å². The van der Waals surface area contributed by atoms with Gasteiger partial charge in [0.25, 0.3) is 0 Å². The third kappa shape index (κ3) is 3.07. The van der Waals surface area contributed by atoms with Crippen molar-refractivity contribution in [3.63, 3.8) is 0 Å². The lowest BCUT2D eigenvalue weighted by Crippen LogP contribution is -2.05. The van der Waals surface area contributed by atoms with Crippen molar-refractivity contribution >= 4 is 17.7 Å². The van der Waals surface area contributed by atoms with E-state index in [9.17, 15) is 4.79 Å². The number of rotatable bonds is 4. The molecular weight excluding hydrogens is 196 g/mol. The quantitative estimate of drug-likeness (QED) is 0.715. The van der Waals surface area contributed by atoms with Gasteiger partial charge in [-0.3, -0.25) is 4.79 Å². The topological polar surface area (TPSA) is 26.3 Å². The highest BCUT2D eigenvalue weighted by atomic mass is 32.2. The second kappa shape index (κ2) is 5.70. The molecule has 0 bridgehead atoms. The van der Waals surface area contributed by atoms with Crippen LogP contribution in [0.25, 0.3) is 0 Å². The lowest BCUT2D eigenvalue weighted by molar-refractivity contribution is -0.140. The average molecular weight is 210 g/mol. The molecule has 1 rings (SSSR count). The van der Waals surface area contributed by atoms with E-state index in [0.717, 1.165) is 0 Å². The number of esters is 1. The number of ether oxygens (including phenoxy) is 1. The van der Waals surface area contributed by atoms with Crippen LogP contribution in [0, 0.1) is 0 Å². The minimum absolute atomic E-state index is 0.159. The Labute approximate surface area is 88.7 Å². The molecule has 0 N–H and O–H groups in total. The van der Waals surface area contributed by atoms with Crippen molar-refractivity contribution in [2.45, 2.75) is 11.7 Å². The molecule has 1 aromatic rings. The molecule has 0 saturated heterocycles. The van der Waals surface area contributed by atoms with Crippen LogP contribution in [-0.2, 0) is 9.53 Å². The van der Waals surface area contributed by atoms with Gasteiger partial charge < -0.3 is 4.74 Å². The summed E-state index contributed by atoms with van der Waals surface area (Å²) in [5.41, 5.74) is 1.17. The molecule has 0 saturated carbocycles. The molecule has 1 atom stereocenters. The van der Waals surface area contributed by atoms with Crippen LogP contribution in [0.3, 0.4) is 0 Å². The van der Waals surface area contributed by atoms with Gasteiger partial charge in [-0.25, -0.2) is 0 Å². The summed E-state index contributed by atoms with van der Waals surface area (Å²) in [6.45, 7) is 0. The summed E-state index contributed by atoms with van der Waals surface area (Å²) in [4.78, 5) is 11.1. The maximum absolute atomic E-state index is 11.1. The average Bonchev–Trinajstić information content (AvgIpc) is 2.26. The van der Waals surface area contributed by atoms with Crippen molar-refractivity contribution < 1.29 is 9.53 Å². The van der Waals surface area contributed by atoms with E-state index >= 15 is 0 Å². The van der Waals surface area contributed by atoms with Gasteiger partial charge in [0, 0.05) is 5.25 Å². The van der Waals surface area contributed by atoms with Gasteiger partial charge in [0.1, 0.15) is 0 Å². The lowest BCUT2D eigenvalue weighted by Gasteiger charge is -2.12. The monoisotopic (exact) mass is 210 g/mol. The summed E-state index contributed by atoms with van der Waals surface area (Å²) >= 11 is 1.67. The molecule has 0 aliphatic rings. The van der Waals surface area contributed by atoms with Gasteiger partial charge in [-0.05, 0) is 11.8 Å². The van der Waals surface area contributed by atoms with Crippen LogP contribution in [0.4, 0.5) is 0 Å². The van der Waals surface area contributed by atoms with Crippen molar-refractivity contribution in [2.24, 2.45) is 0 Å². The summed E-state index contributed by atoms with van der Waals surface area (Å²) in [5.74, 6) is -0.159. The van der Waals surface area contributed by atoms with Crippen LogP contribution in [-0.4, -0.2) is 19.3 Å². The minimum atomic E-state index is -0.159. The van der Waals surface area contributed by atoms with Gasteiger partial charge in [0.05, 0.1) is 13.5 Å². The Morgan fingerprint density at radius 2 is 2.07 bits per heavy atom. The van der Waals surface area contributed by atoms with Gasteiger partial charge in [0.15, 0.2) is 0 Å². The molecule has 0 aliphatic heterocycles. The first-order chi connectivity index (χ1) is 6.77. The van der Waals surface area contributed by atoms with Crippen LogP contribution in [0.1, 0.15) is 17.2 Å². The molecule has 0 radical (unpaired) electrons. The second-order valence-electron chi connectivity index (χ2n) is 2.92. The van der Waals surface area contributed by atoms with E-state index in [4.69, 9.17) is 0 Å². The second-order valence-corrected chi connectivity index (χ2v) is 3.96. The fourth-order valence-corrected chi connectivity index (χ4v) is 1.97. The standard InChI is InChI=1S/C11H14O2S/c1-13-11(12)8-10(14-2)9-6-4-3-5-7-9/h3-7,10H,8H2,1-2H3. The molecule has 0 fully saturated rings. The molecule has 1 unspecified atom stereocenters. The highest BCUT2D eigenvalue weighted by molar-refractivity contribution is 7.98. The molecule has 0 amide bonds. The highest BCUT2D eigenvalue weighted by Gasteiger charge is 2.14. The van der Waals surface area contributed by atoms with Crippen LogP contribution < -0.4 is 0 Å². The maximum Gasteiger partial charge on any atom is 0.306 e. The molecule has 3 heteroatoms. The third-order valence-corrected chi connectivity index (χ3v) is 3.04. The smallest absolute Gasteiger partial charge is 0.306 e. The molecule has 1 aromatic carbocycles. The highest BCUT2D eigenvalue weighted by Crippen LogP contribution is 2.29. The Morgan fingerprint density at radius 3 is 2.57 bits per heavy atom. The molecule has 14 heavy (non-hydrogen) atoms. The van der Waals surface area contributed by atoms with Crippen molar-refractivity contribution in [1.82, 2.24) is 0 Å².